The monoisotopic (exact) mass is 930 g/mol. The molecule has 344 valence electrons. The third kappa shape index (κ3) is 11.1. The number of ether oxygens (including phenoxy) is 1. The number of carbonyl (C=O) groups excluding carboxylic acids is 1. The van der Waals surface area contributed by atoms with E-state index in [2.05, 4.69) is 36.1 Å². The molecule has 0 saturated carbocycles. The third-order valence-corrected chi connectivity index (χ3v) is 22.7. The molecule has 4 aromatic rings. The van der Waals surface area contributed by atoms with Crippen LogP contribution in [-0.4, -0.2) is 87.3 Å². The summed E-state index contributed by atoms with van der Waals surface area (Å²) in [6.45, 7) is 19.9. The van der Waals surface area contributed by atoms with Gasteiger partial charge in [-0.05, 0) is 75.6 Å². The number of quaternary nitrogens is 1. The fourth-order valence-corrected chi connectivity index (χ4v) is 14.8. The number of benzene rings is 3. The molecule has 0 spiro atoms. The van der Waals surface area contributed by atoms with Gasteiger partial charge in [-0.3, -0.25) is 14.3 Å². The number of rotatable bonds is 12. The molecule has 14 nitrogen and oxygen atoms in total. The van der Waals surface area contributed by atoms with Crippen molar-refractivity contribution < 1.29 is 42.4 Å². The number of amides is 1. The second-order valence-corrected chi connectivity index (χ2v) is 29.0. The minimum atomic E-state index is -3.69. The lowest BCUT2D eigenvalue weighted by Crippen LogP contribution is -3.15. The van der Waals surface area contributed by atoms with Gasteiger partial charge in [0.25, 0.3) is 20.0 Å². The number of nitrogens with zero attached hydrogens (tertiary/aromatic N) is 3. The van der Waals surface area contributed by atoms with E-state index >= 15 is 0 Å². The fourth-order valence-electron chi connectivity index (χ4n) is 8.51. The molecule has 2 fully saturated rings. The van der Waals surface area contributed by atoms with Crippen LogP contribution in [0.15, 0.2) is 113 Å². The molecule has 3 aliphatic rings. The van der Waals surface area contributed by atoms with Gasteiger partial charge >= 0.3 is 13.9 Å². The molecule has 17 heteroatoms. The van der Waals surface area contributed by atoms with Gasteiger partial charge in [0, 0.05) is 31.1 Å². The highest BCUT2D eigenvalue weighted by Crippen LogP contribution is 2.48. The van der Waals surface area contributed by atoms with E-state index in [0.717, 1.165) is 21.5 Å². The SMILES string of the molecule is C1CCC2=NCCC[NH+]2CC1.CC(C)(C)[Si](C)(C)O[C@@H]1[C@@H](CO[Si](c2ccccc2)(c2ccccc2)C(C)(C)C)O[C@@H](n2ccc(NC(=O)c3ccccc3)nc2=O)[C@@]1(O)O[P+](=O)[O-]. The maximum absolute atomic E-state index is 13.6. The molecule has 3 aromatic carbocycles. The van der Waals surface area contributed by atoms with Gasteiger partial charge in [-0.25, -0.2) is 9.79 Å². The third-order valence-electron chi connectivity index (χ3n) is 12.8. The predicted octanol–water partition coefficient (Wildman–Crippen LogP) is 5.33. The Bertz CT molecular complexity index is 2250. The van der Waals surface area contributed by atoms with Crippen molar-refractivity contribution >= 4 is 52.8 Å². The molecule has 2 unspecified atom stereocenters. The summed E-state index contributed by atoms with van der Waals surface area (Å²) >= 11 is 0. The Morgan fingerprint density at radius 1 is 0.906 bits per heavy atom. The molecule has 2 saturated heterocycles. The van der Waals surface area contributed by atoms with Crippen LogP contribution < -0.4 is 31.2 Å². The molecule has 1 amide bonds. The van der Waals surface area contributed by atoms with Crippen LogP contribution in [0.5, 0.6) is 0 Å². The van der Waals surface area contributed by atoms with Crippen LogP contribution in [-0.2, 0) is 22.7 Å². The van der Waals surface area contributed by atoms with E-state index in [9.17, 15) is 24.2 Å². The fraction of sp³-hybridized carbons (Fsp3) is 0.489. The van der Waals surface area contributed by atoms with E-state index in [1.54, 1.807) is 35.2 Å². The smallest absolute Gasteiger partial charge is 0.491 e. The molecule has 0 radical (unpaired) electrons. The Balaban J connectivity index is 0.000000533. The van der Waals surface area contributed by atoms with Gasteiger partial charge in [0.1, 0.15) is 18.0 Å². The summed E-state index contributed by atoms with van der Waals surface area (Å²) < 4.78 is 39.0. The van der Waals surface area contributed by atoms with E-state index in [0.29, 0.717) is 5.56 Å². The summed E-state index contributed by atoms with van der Waals surface area (Å²) in [6.07, 6.45) is 3.75. The Kier molecular flexibility index (Phi) is 15.9. The highest BCUT2D eigenvalue weighted by atomic mass is 31.1. The van der Waals surface area contributed by atoms with Crippen molar-refractivity contribution in [2.75, 3.05) is 31.6 Å². The minimum Gasteiger partial charge on any atom is -0.566 e. The predicted molar refractivity (Wildman–Crippen MR) is 252 cm³/mol. The maximum Gasteiger partial charge on any atom is 0.491 e. The first kappa shape index (κ1) is 49.4. The van der Waals surface area contributed by atoms with Crippen molar-refractivity contribution in [2.24, 2.45) is 4.99 Å². The number of fused-ring (bicyclic) bond motifs is 1. The first-order chi connectivity index (χ1) is 30.3. The van der Waals surface area contributed by atoms with Crippen LogP contribution in [0.2, 0.25) is 23.2 Å². The number of aliphatic hydroxyl groups is 1. The highest BCUT2D eigenvalue weighted by Gasteiger charge is 2.65. The van der Waals surface area contributed by atoms with E-state index in [1.807, 2.05) is 94.5 Å². The van der Waals surface area contributed by atoms with Gasteiger partial charge in [-0.2, -0.15) is 4.98 Å². The zero-order chi connectivity index (χ0) is 46.3. The summed E-state index contributed by atoms with van der Waals surface area (Å²) in [5, 5.41) is 16.2. The van der Waals surface area contributed by atoms with Crippen molar-refractivity contribution in [1.82, 2.24) is 9.55 Å². The molecule has 4 heterocycles. The number of hydrogen-bond acceptors (Lipinski definition) is 11. The summed E-state index contributed by atoms with van der Waals surface area (Å²) in [6, 6.07) is 29.6. The van der Waals surface area contributed by atoms with Crippen molar-refractivity contribution in [2.45, 2.75) is 121 Å². The van der Waals surface area contributed by atoms with Gasteiger partial charge in [-0.15, -0.1) is 4.52 Å². The van der Waals surface area contributed by atoms with Crippen LogP contribution in [0.25, 0.3) is 0 Å². The molecular formula is C47H65N5O9PSi2+. The number of hydrogen-bond donors (Lipinski definition) is 3. The summed E-state index contributed by atoms with van der Waals surface area (Å²) in [7, 11) is -9.66. The molecule has 3 N–H and O–H groups in total. The second-order valence-electron chi connectivity index (χ2n) is 19.3. The van der Waals surface area contributed by atoms with Crippen LogP contribution in [0, 0.1) is 0 Å². The largest absolute Gasteiger partial charge is 0.566 e. The molecule has 7 rings (SSSR count). The Morgan fingerprint density at radius 3 is 2.06 bits per heavy atom. The highest BCUT2D eigenvalue weighted by molar-refractivity contribution is 7.30. The van der Waals surface area contributed by atoms with E-state index in [1.165, 1.54) is 63.3 Å². The van der Waals surface area contributed by atoms with Gasteiger partial charge in [0.15, 0.2) is 20.4 Å². The van der Waals surface area contributed by atoms with E-state index in [-0.39, 0.29) is 17.5 Å². The molecule has 64 heavy (non-hydrogen) atoms. The molecule has 0 aliphatic carbocycles. The number of anilines is 1. The van der Waals surface area contributed by atoms with Gasteiger partial charge < -0.3 is 28.9 Å². The summed E-state index contributed by atoms with van der Waals surface area (Å²) in [5.74, 6) is -1.78. The van der Waals surface area contributed by atoms with Gasteiger partial charge in [-0.1, -0.05) is 120 Å². The first-order valence-electron chi connectivity index (χ1n) is 22.2. The van der Waals surface area contributed by atoms with Crippen molar-refractivity contribution in [3.63, 3.8) is 0 Å². The van der Waals surface area contributed by atoms with Crippen LogP contribution in [0.4, 0.5) is 5.82 Å². The van der Waals surface area contributed by atoms with E-state index in [4.69, 9.17) is 18.1 Å². The molecule has 0 bridgehead atoms. The van der Waals surface area contributed by atoms with Crippen molar-refractivity contribution in [1.29, 1.82) is 0 Å². The lowest BCUT2D eigenvalue weighted by Gasteiger charge is -2.44. The Morgan fingerprint density at radius 2 is 1.50 bits per heavy atom. The van der Waals surface area contributed by atoms with Crippen LogP contribution in [0.1, 0.15) is 90.2 Å². The average molecular weight is 931 g/mol. The van der Waals surface area contributed by atoms with Crippen LogP contribution >= 0.6 is 8.25 Å². The van der Waals surface area contributed by atoms with Gasteiger partial charge in [0.2, 0.25) is 0 Å². The van der Waals surface area contributed by atoms with Gasteiger partial charge in [0.05, 0.1) is 19.7 Å². The number of aliphatic imine (C=N–C) groups is 1. The molecule has 6 atom stereocenters. The summed E-state index contributed by atoms with van der Waals surface area (Å²) in [4.78, 5) is 49.1. The summed E-state index contributed by atoms with van der Waals surface area (Å²) in [5.41, 5.74) is -0.586. The average Bonchev–Trinajstić information content (AvgIpc) is 3.37. The molecule has 1 aromatic heterocycles. The van der Waals surface area contributed by atoms with Crippen molar-refractivity contribution in [3.8, 4) is 0 Å². The zero-order valence-corrected chi connectivity index (χ0v) is 41.3. The van der Waals surface area contributed by atoms with Crippen molar-refractivity contribution in [3.05, 3.63) is 119 Å². The molecule has 3 aliphatic heterocycles. The lowest BCUT2D eigenvalue weighted by molar-refractivity contribution is -0.809. The standard InChI is InChI=1S/C38H48N3O9PSi2.C9H16N2/c1-36(2,3)52(7,8)49-32-30(26-47-53(37(4,5)6,28-20-14-10-15-21-28)29-22-16-11-17-23-29)48-34(38(32,44)50-51(45)46)41-25-24-31(40-35(41)43)39-33(42)27-18-12-9-13-19-27;1-2-5-9-10-6-4-8-11(9)7-3-1/h9-25,30,32,34,44H,26H2,1-8H3,(H,39,40,42,43);1-8H2/p+1/t30-,32-,34-,38+;/m1./s1. The number of aromatic nitrogens is 2. The quantitative estimate of drug-likeness (QED) is 0.0957. The maximum atomic E-state index is 13.6. The Hall–Kier alpha value is -4.07. The number of carbonyl (C=O) groups is 1. The van der Waals surface area contributed by atoms with Crippen LogP contribution in [0.3, 0.4) is 0 Å². The normalized spacial score (nSPS) is 23.2. The lowest BCUT2D eigenvalue weighted by atomic mass is 10.1. The van der Waals surface area contributed by atoms with E-state index < -0.39 is 65.7 Å². The zero-order valence-electron chi connectivity index (χ0n) is 38.4. The molecular weight excluding hydrogens is 866 g/mol. The first-order valence-corrected chi connectivity index (χ1v) is 28.2. The second kappa shape index (κ2) is 20.6. The number of nitrogens with one attached hydrogen (secondary N) is 2. The Labute approximate surface area is 380 Å². The number of amidine groups is 1. The minimum absolute atomic E-state index is 0.0573. The topological polar surface area (TPSA) is 178 Å².